The van der Waals surface area contributed by atoms with Crippen LogP contribution < -0.4 is 4.74 Å². The van der Waals surface area contributed by atoms with E-state index in [2.05, 4.69) is 4.98 Å². The van der Waals surface area contributed by atoms with Crippen molar-refractivity contribution >= 4 is 34.8 Å². The Kier molecular flexibility index (Phi) is 3.64. The third-order valence-electron chi connectivity index (χ3n) is 2.62. The average molecular weight is 270 g/mol. The van der Waals surface area contributed by atoms with Gasteiger partial charge in [-0.1, -0.05) is 29.0 Å². The van der Waals surface area contributed by atoms with Gasteiger partial charge >= 0.3 is 0 Å². The molecule has 0 fully saturated rings. The fourth-order valence-corrected chi connectivity index (χ4v) is 2.74. The Morgan fingerprint density at radius 3 is 2.82 bits per heavy atom. The van der Waals surface area contributed by atoms with E-state index in [0.29, 0.717) is 10.8 Å². The van der Waals surface area contributed by atoms with Crippen LogP contribution in [0.15, 0.2) is 16.7 Å². The van der Waals surface area contributed by atoms with Gasteiger partial charge in [0, 0.05) is 5.03 Å². The number of carbonyl (C=O) groups excluding carboxylic acids is 1. The lowest BCUT2D eigenvalue weighted by Crippen LogP contribution is -1.94. The molecule has 0 N–H and O–H groups in total. The molecule has 1 aromatic heterocycles. The topological polar surface area (TPSA) is 39.2 Å². The van der Waals surface area contributed by atoms with Crippen LogP contribution in [0.2, 0.25) is 0 Å². The van der Waals surface area contributed by atoms with E-state index >= 15 is 0 Å². The van der Waals surface area contributed by atoms with Crippen LogP contribution in [0, 0.1) is 0 Å². The predicted octanol–water partition coefficient (Wildman–Crippen LogP) is 3.65. The monoisotopic (exact) mass is 269 g/mol. The van der Waals surface area contributed by atoms with E-state index in [1.807, 2.05) is 13.0 Å². The van der Waals surface area contributed by atoms with Gasteiger partial charge in [-0.25, -0.2) is 4.98 Å². The number of hydrogen-bond donors (Lipinski definition) is 0. The highest BCUT2D eigenvalue weighted by Crippen LogP contribution is 2.37. The second kappa shape index (κ2) is 5.02. The fraction of sp³-hybridized carbons (Fsp3) is 0.333. The zero-order valence-electron chi connectivity index (χ0n) is 9.62. The highest BCUT2D eigenvalue weighted by Gasteiger charge is 2.17. The number of thiazole rings is 1. The summed E-state index contributed by atoms with van der Waals surface area (Å²) in [6.07, 6.45) is 4.43. The Bertz CT molecular complexity index is 517. The van der Waals surface area contributed by atoms with Crippen molar-refractivity contribution in [3.8, 4) is 5.06 Å². The van der Waals surface area contributed by atoms with Crippen LogP contribution in [0.3, 0.4) is 0 Å². The Morgan fingerprint density at radius 2 is 2.29 bits per heavy atom. The normalized spacial score (nSPS) is 15.8. The summed E-state index contributed by atoms with van der Waals surface area (Å²) < 4.78 is 5.12. The lowest BCUT2D eigenvalue weighted by Gasteiger charge is -2.11. The number of rotatable bonds is 3. The lowest BCUT2D eigenvalue weighted by molar-refractivity contribution is 0.111. The molecule has 0 aliphatic heterocycles. The summed E-state index contributed by atoms with van der Waals surface area (Å²) in [5.41, 5.74) is 2.55. The van der Waals surface area contributed by atoms with Gasteiger partial charge in [0.25, 0.3) is 0 Å². The first-order valence-electron chi connectivity index (χ1n) is 5.22. The number of halogens is 1. The van der Waals surface area contributed by atoms with Crippen molar-refractivity contribution in [1.82, 2.24) is 4.98 Å². The summed E-state index contributed by atoms with van der Waals surface area (Å²) in [4.78, 5) is 15.1. The van der Waals surface area contributed by atoms with Gasteiger partial charge in [-0.2, -0.15) is 0 Å². The van der Waals surface area contributed by atoms with Crippen molar-refractivity contribution in [3.05, 3.63) is 27.4 Å². The number of aromatic nitrogens is 1. The van der Waals surface area contributed by atoms with Crippen molar-refractivity contribution < 1.29 is 9.53 Å². The number of ether oxygens (including phenoxy) is 1. The molecule has 0 bridgehead atoms. The molecule has 0 saturated heterocycles. The zero-order chi connectivity index (χ0) is 12.4. The van der Waals surface area contributed by atoms with Gasteiger partial charge in [-0.3, -0.25) is 4.79 Å². The molecule has 2 rings (SSSR count). The van der Waals surface area contributed by atoms with Crippen LogP contribution in [-0.4, -0.2) is 18.4 Å². The minimum absolute atomic E-state index is 0.367. The largest absolute Gasteiger partial charge is 0.486 e. The van der Waals surface area contributed by atoms with E-state index in [1.54, 1.807) is 7.11 Å². The molecule has 1 heterocycles. The van der Waals surface area contributed by atoms with Gasteiger partial charge in [-0.15, -0.1) is 0 Å². The molecule has 1 aliphatic rings. The molecule has 0 unspecified atom stereocenters. The van der Waals surface area contributed by atoms with E-state index in [9.17, 15) is 4.79 Å². The number of nitrogens with zero attached hydrogens (tertiary/aromatic N) is 1. The summed E-state index contributed by atoms with van der Waals surface area (Å²) in [6, 6.07) is 0. The molecule has 0 saturated carbocycles. The van der Waals surface area contributed by atoms with Gasteiger partial charge < -0.3 is 4.74 Å². The summed E-state index contributed by atoms with van der Waals surface area (Å²) in [5, 5.41) is 2.30. The second-order valence-electron chi connectivity index (χ2n) is 3.77. The molecule has 1 aromatic rings. The standard InChI is InChI=1S/C12H12ClNO2S/c1-7-5-8(3-4-9(7)13)11-14-10(6-15)12(16-2)17-11/h5-6H,3-4H2,1-2H3. The number of carbonyl (C=O) groups is 1. The van der Waals surface area contributed by atoms with Crippen molar-refractivity contribution in [2.24, 2.45) is 0 Å². The maximum Gasteiger partial charge on any atom is 0.205 e. The maximum atomic E-state index is 10.8. The van der Waals surface area contributed by atoms with Crippen molar-refractivity contribution in [3.63, 3.8) is 0 Å². The van der Waals surface area contributed by atoms with E-state index in [0.717, 1.165) is 40.3 Å². The van der Waals surface area contributed by atoms with Crippen molar-refractivity contribution in [1.29, 1.82) is 0 Å². The molecule has 0 amide bonds. The van der Waals surface area contributed by atoms with E-state index < -0.39 is 0 Å². The summed E-state index contributed by atoms with van der Waals surface area (Å²) >= 11 is 7.44. The fourth-order valence-electron chi connectivity index (χ4n) is 1.70. The number of allylic oxidation sites excluding steroid dienone is 4. The number of aldehydes is 1. The molecular formula is C12H12ClNO2S. The molecular weight excluding hydrogens is 258 g/mol. The van der Waals surface area contributed by atoms with Crippen LogP contribution in [0.1, 0.15) is 35.3 Å². The van der Waals surface area contributed by atoms with Crippen LogP contribution >= 0.6 is 22.9 Å². The van der Waals surface area contributed by atoms with E-state index in [1.165, 1.54) is 11.3 Å². The SMILES string of the molecule is COc1sc(C2=CC(C)=C(Cl)CC2)nc1C=O. The third kappa shape index (κ3) is 2.42. The molecule has 0 spiro atoms. The first-order valence-corrected chi connectivity index (χ1v) is 6.41. The Labute approximate surface area is 109 Å². The molecule has 0 radical (unpaired) electrons. The van der Waals surface area contributed by atoms with E-state index in [-0.39, 0.29) is 0 Å². The van der Waals surface area contributed by atoms with Gasteiger partial charge in [0.15, 0.2) is 12.0 Å². The Hall–Kier alpha value is -1.13. The quantitative estimate of drug-likeness (QED) is 0.786. The minimum Gasteiger partial charge on any atom is -0.486 e. The highest BCUT2D eigenvalue weighted by atomic mass is 35.5. The van der Waals surface area contributed by atoms with Gasteiger partial charge in [0.2, 0.25) is 5.06 Å². The third-order valence-corrected chi connectivity index (χ3v) is 4.22. The Balaban J connectivity index is 2.39. The molecule has 5 heteroatoms. The van der Waals surface area contributed by atoms with Crippen LogP contribution in [-0.2, 0) is 0 Å². The number of methoxy groups -OCH3 is 1. The second-order valence-corrected chi connectivity index (χ2v) is 5.19. The number of hydrogen-bond acceptors (Lipinski definition) is 4. The molecule has 90 valence electrons. The summed E-state index contributed by atoms with van der Waals surface area (Å²) in [5.74, 6) is 0. The van der Waals surface area contributed by atoms with Gasteiger partial charge in [0.05, 0.1) is 7.11 Å². The molecule has 0 aromatic carbocycles. The van der Waals surface area contributed by atoms with Crippen molar-refractivity contribution in [2.45, 2.75) is 19.8 Å². The van der Waals surface area contributed by atoms with Crippen molar-refractivity contribution in [2.75, 3.05) is 7.11 Å². The summed E-state index contributed by atoms with van der Waals surface area (Å²) in [6.45, 7) is 1.98. The molecule has 17 heavy (non-hydrogen) atoms. The lowest BCUT2D eigenvalue weighted by atomic mass is 10.0. The van der Waals surface area contributed by atoms with Gasteiger partial charge in [-0.05, 0) is 30.9 Å². The zero-order valence-corrected chi connectivity index (χ0v) is 11.2. The smallest absolute Gasteiger partial charge is 0.205 e. The minimum atomic E-state index is 0.367. The van der Waals surface area contributed by atoms with Crippen LogP contribution in [0.25, 0.3) is 5.57 Å². The van der Waals surface area contributed by atoms with E-state index in [4.69, 9.17) is 16.3 Å². The first kappa shape index (κ1) is 12.3. The predicted molar refractivity (Wildman–Crippen MR) is 69.8 cm³/mol. The van der Waals surface area contributed by atoms with Gasteiger partial charge in [0.1, 0.15) is 5.01 Å². The maximum absolute atomic E-state index is 10.8. The van der Waals surface area contributed by atoms with Crippen LogP contribution in [0.5, 0.6) is 5.06 Å². The average Bonchev–Trinajstić information content (AvgIpc) is 2.75. The molecule has 1 aliphatic carbocycles. The molecule has 3 nitrogen and oxygen atoms in total. The summed E-state index contributed by atoms with van der Waals surface area (Å²) in [7, 11) is 1.54. The molecule has 0 atom stereocenters. The highest BCUT2D eigenvalue weighted by molar-refractivity contribution is 7.14. The first-order chi connectivity index (χ1) is 8.15. The van der Waals surface area contributed by atoms with Crippen LogP contribution in [0.4, 0.5) is 0 Å². The Morgan fingerprint density at radius 1 is 1.53 bits per heavy atom.